The molecule has 110 valence electrons. The average molecular weight is 308 g/mol. The van der Waals surface area contributed by atoms with E-state index in [0.717, 1.165) is 13.0 Å². The maximum atomic E-state index is 13.8. The number of anilines is 2. The first-order valence-corrected chi connectivity index (χ1v) is 6.95. The van der Waals surface area contributed by atoms with E-state index in [4.69, 9.17) is 11.6 Å². The maximum Gasteiger partial charge on any atom is 0.255 e. The molecule has 2 rings (SSSR count). The number of amides is 1. The number of rotatable bonds is 5. The molecule has 0 radical (unpaired) electrons. The highest BCUT2D eigenvalue weighted by atomic mass is 35.5. The highest BCUT2D eigenvalue weighted by molar-refractivity contribution is 6.31. The van der Waals surface area contributed by atoms with Crippen LogP contribution in [0.2, 0.25) is 5.02 Å². The van der Waals surface area contributed by atoms with Crippen molar-refractivity contribution in [2.45, 2.75) is 13.3 Å². The van der Waals surface area contributed by atoms with Gasteiger partial charge in [-0.25, -0.2) is 9.37 Å². The molecule has 21 heavy (non-hydrogen) atoms. The van der Waals surface area contributed by atoms with Crippen LogP contribution in [0.1, 0.15) is 23.7 Å². The molecule has 0 atom stereocenters. The van der Waals surface area contributed by atoms with Gasteiger partial charge in [-0.2, -0.15) is 0 Å². The Morgan fingerprint density at radius 2 is 2.19 bits per heavy atom. The molecule has 1 aromatic heterocycles. The molecule has 4 nitrogen and oxygen atoms in total. The summed E-state index contributed by atoms with van der Waals surface area (Å²) in [6, 6.07) is 7.63. The number of benzene rings is 1. The second-order valence-corrected chi connectivity index (χ2v) is 4.82. The number of hydrogen-bond acceptors (Lipinski definition) is 3. The SMILES string of the molecule is CCCNc1cc(C(=O)Nc2cccc(Cl)c2F)ccn1. The van der Waals surface area contributed by atoms with E-state index in [1.54, 1.807) is 18.2 Å². The van der Waals surface area contributed by atoms with Crippen LogP contribution in [0.15, 0.2) is 36.5 Å². The zero-order valence-corrected chi connectivity index (χ0v) is 12.2. The van der Waals surface area contributed by atoms with Crippen molar-refractivity contribution in [3.8, 4) is 0 Å². The molecule has 2 aromatic rings. The highest BCUT2D eigenvalue weighted by Gasteiger charge is 2.12. The van der Waals surface area contributed by atoms with E-state index < -0.39 is 11.7 Å². The van der Waals surface area contributed by atoms with Crippen LogP contribution in [0.5, 0.6) is 0 Å². The van der Waals surface area contributed by atoms with Gasteiger partial charge in [-0.05, 0) is 30.7 Å². The van der Waals surface area contributed by atoms with Crippen LogP contribution in [-0.2, 0) is 0 Å². The van der Waals surface area contributed by atoms with Crippen LogP contribution < -0.4 is 10.6 Å². The Morgan fingerprint density at radius 1 is 1.38 bits per heavy atom. The summed E-state index contributed by atoms with van der Waals surface area (Å²) < 4.78 is 13.8. The molecule has 0 aliphatic rings. The summed E-state index contributed by atoms with van der Waals surface area (Å²) in [6.07, 6.45) is 2.48. The van der Waals surface area contributed by atoms with Gasteiger partial charge in [0.2, 0.25) is 0 Å². The van der Waals surface area contributed by atoms with Crippen LogP contribution in [0.3, 0.4) is 0 Å². The summed E-state index contributed by atoms with van der Waals surface area (Å²) in [5.74, 6) is -0.458. The number of hydrogen-bond donors (Lipinski definition) is 2. The van der Waals surface area contributed by atoms with Gasteiger partial charge in [-0.15, -0.1) is 0 Å². The van der Waals surface area contributed by atoms with Gasteiger partial charge in [-0.3, -0.25) is 4.79 Å². The standard InChI is InChI=1S/C15H15ClFN3O/c1-2-7-18-13-9-10(6-8-19-13)15(21)20-12-5-3-4-11(16)14(12)17/h3-6,8-9H,2,7H2,1H3,(H,18,19)(H,20,21). The Hall–Kier alpha value is -2.14. The normalized spacial score (nSPS) is 10.2. The predicted octanol–water partition coefficient (Wildman–Crippen LogP) is 3.95. The lowest BCUT2D eigenvalue weighted by Crippen LogP contribution is -2.14. The summed E-state index contributed by atoms with van der Waals surface area (Å²) >= 11 is 5.68. The van der Waals surface area contributed by atoms with E-state index in [1.165, 1.54) is 18.3 Å². The number of nitrogens with one attached hydrogen (secondary N) is 2. The fraction of sp³-hybridized carbons (Fsp3) is 0.200. The topological polar surface area (TPSA) is 54.0 Å². The molecule has 1 amide bonds. The van der Waals surface area contributed by atoms with Crippen molar-refractivity contribution in [2.75, 3.05) is 17.2 Å². The average Bonchev–Trinajstić information content (AvgIpc) is 2.50. The molecule has 0 bridgehead atoms. The van der Waals surface area contributed by atoms with Crippen LogP contribution in [0.4, 0.5) is 15.9 Å². The second kappa shape index (κ2) is 7.04. The van der Waals surface area contributed by atoms with Crippen LogP contribution >= 0.6 is 11.6 Å². The van der Waals surface area contributed by atoms with Crippen molar-refractivity contribution >= 4 is 29.0 Å². The molecular formula is C15H15ClFN3O. The number of aromatic nitrogens is 1. The molecule has 0 aliphatic heterocycles. The van der Waals surface area contributed by atoms with E-state index in [9.17, 15) is 9.18 Å². The minimum atomic E-state index is -0.647. The molecule has 0 unspecified atom stereocenters. The largest absolute Gasteiger partial charge is 0.370 e. The van der Waals surface area contributed by atoms with Gasteiger partial charge in [0.15, 0.2) is 5.82 Å². The molecular weight excluding hydrogens is 293 g/mol. The summed E-state index contributed by atoms with van der Waals surface area (Å²) in [4.78, 5) is 16.2. The molecule has 0 saturated heterocycles. The monoisotopic (exact) mass is 307 g/mol. The van der Waals surface area contributed by atoms with Crippen LogP contribution in [0, 0.1) is 5.82 Å². The highest BCUT2D eigenvalue weighted by Crippen LogP contribution is 2.22. The third-order valence-corrected chi connectivity index (χ3v) is 3.07. The van der Waals surface area contributed by atoms with Gasteiger partial charge in [0.25, 0.3) is 5.91 Å². The first-order valence-electron chi connectivity index (χ1n) is 6.57. The second-order valence-electron chi connectivity index (χ2n) is 4.41. The van der Waals surface area contributed by atoms with Crippen molar-refractivity contribution in [3.05, 3.63) is 52.9 Å². The van der Waals surface area contributed by atoms with E-state index in [2.05, 4.69) is 15.6 Å². The van der Waals surface area contributed by atoms with Crippen LogP contribution in [-0.4, -0.2) is 17.4 Å². The molecule has 1 aromatic carbocycles. The number of halogens is 2. The molecule has 1 heterocycles. The van der Waals surface area contributed by atoms with Crippen LogP contribution in [0.25, 0.3) is 0 Å². The van der Waals surface area contributed by atoms with Gasteiger partial charge in [0.1, 0.15) is 5.82 Å². The number of carbonyl (C=O) groups excluding carboxylic acids is 1. The lowest BCUT2D eigenvalue weighted by Gasteiger charge is -2.09. The molecule has 0 aliphatic carbocycles. The molecule has 0 fully saturated rings. The molecule has 0 spiro atoms. The Bertz CT molecular complexity index is 649. The Labute approximate surface area is 127 Å². The van der Waals surface area contributed by atoms with Crippen molar-refractivity contribution in [1.82, 2.24) is 4.98 Å². The number of carbonyl (C=O) groups is 1. The Kier molecular flexibility index (Phi) is 5.11. The van der Waals surface area contributed by atoms with Crippen molar-refractivity contribution in [2.24, 2.45) is 0 Å². The van der Waals surface area contributed by atoms with Gasteiger partial charge >= 0.3 is 0 Å². The first-order chi connectivity index (χ1) is 10.1. The third-order valence-electron chi connectivity index (χ3n) is 2.78. The zero-order valence-electron chi connectivity index (χ0n) is 11.5. The number of nitrogens with zero attached hydrogens (tertiary/aromatic N) is 1. The minimum Gasteiger partial charge on any atom is -0.370 e. The summed E-state index contributed by atoms with van der Waals surface area (Å²) in [5.41, 5.74) is 0.440. The summed E-state index contributed by atoms with van der Waals surface area (Å²) in [6.45, 7) is 2.80. The lowest BCUT2D eigenvalue weighted by molar-refractivity contribution is 0.102. The van der Waals surface area contributed by atoms with E-state index in [-0.39, 0.29) is 10.7 Å². The van der Waals surface area contributed by atoms with E-state index in [0.29, 0.717) is 11.4 Å². The number of pyridine rings is 1. The minimum absolute atomic E-state index is 0.0344. The first kappa shape index (κ1) is 15.3. The molecule has 2 N–H and O–H groups in total. The molecule has 0 saturated carbocycles. The van der Waals surface area contributed by atoms with Gasteiger partial charge in [0, 0.05) is 18.3 Å². The lowest BCUT2D eigenvalue weighted by atomic mass is 10.2. The fourth-order valence-corrected chi connectivity index (χ4v) is 1.89. The Balaban J connectivity index is 2.15. The van der Waals surface area contributed by atoms with Gasteiger partial charge in [-0.1, -0.05) is 24.6 Å². The molecule has 6 heteroatoms. The summed E-state index contributed by atoms with van der Waals surface area (Å²) in [7, 11) is 0. The van der Waals surface area contributed by atoms with Crippen molar-refractivity contribution < 1.29 is 9.18 Å². The van der Waals surface area contributed by atoms with E-state index in [1.807, 2.05) is 6.92 Å². The maximum absolute atomic E-state index is 13.8. The summed E-state index contributed by atoms with van der Waals surface area (Å²) in [5, 5.41) is 5.55. The van der Waals surface area contributed by atoms with Crippen molar-refractivity contribution in [3.63, 3.8) is 0 Å². The zero-order chi connectivity index (χ0) is 15.2. The third kappa shape index (κ3) is 3.92. The predicted molar refractivity (Wildman–Crippen MR) is 82.4 cm³/mol. The fourth-order valence-electron chi connectivity index (χ4n) is 1.72. The van der Waals surface area contributed by atoms with Gasteiger partial charge < -0.3 is 10.6 Å². The smallest absolute Gasteiger partial charge is 0.255 e. The quantitative estimate of drug-likeness (QED) is 0.879. The Morgan fingerprint density at radius 3 is 2.95 bits per heavy atom. The van der Waals surface area contributed by atoms with E-state index >= 15 is 0 Å². The van der Waals surface area contributed by atoms with Crippen molar-refractivity contribution in [1.29, 1.82) is 0 Å². The van der Waals surface area contributed by atoms with Gasteiger partial charge in [0.05, 0.1) is 10.7 Å².